The van der Waals surface area contributed by atoms with Gasteiger partial charge in [-0.2, -0.15) is 5.10 Å². The number of hydrogen-bond donors (Lipinski definition) is 3. The number of aromatic nitrogens is 2. The highest BCUT2D eigenvalue weighted by atomic mass is 16.5. The Balaban J connectivity index is 1.78. The van der Waals surface area contributed by atoms with E-state index in [9.17, 15) is 9.90 Å². The molecule has 6 heteroatoms. The van der Waals surface area contributed by atoms with Crippen LogP contribution >= 0.6 is 0 Å². The van der Waals surface area contributed by atoms with Crippen molar-refractivity contribution in [1.82, 2.24) is 10.2 Å². The smallest absolute Gasteiger partial charge is 0.257 e. The first-order chi connectivity index (χ1) is 11.1. The van der Waals surface area contributed by atoms with E-state index in [1.165, 1.54) is 7.11 Å². The van der Waals surface area contributed by atoms with Gasteiger partial charge in [0.15, 0.2) is 6.10 Å². The second kappa shape index (κ2) is 6.10. The topological polar surface area (TPSA) is 87.2 Å². The minimum Gasteiger partial charge on any atom is -0.497 e. The Hall–Kier alpha value is -2.86. The Morgan fingerprint density at radius 3 is 2.91 bits per heavy atom. The summed E-state index contributed by atoms with van der Waals surface area (Å²) >= 11 is 0. The van der Waals surface area contributed by atoms with Gasteiger partial charge in [0.1, 0.15) is 5.75 Å². The largest absolute Gasteiger partial charge is 0.497 e. The third-order valence-corrected chi connectivity index (χ3v) is 3.67. The van der Waals surface area contributed by atoms with E-state index in [1.807, 2.05) is 13.0 Å². The van der Waals surface area contributed by atoms with Crippen molar-refractivity contribution in [3.63, 3.8) is 0 Å². The number of ether oxygens (including phenoxy) is 1. The van der Waals surface area contributed by atoms with E-state index in [2.05, 4.69) is 15.5 Å². The number of nitrogens with zero attached hydrogens (tertiary/aromatic N) is 1. The molecular weight excluding hydrogens is 294 g/mol. The van der Waals surface area contributed by atoms with E-state index in [1.54, 1.807) is 36.4 Å². The standard InChI is InChI=1S/C17H17N3O3/c1-10-14-7-6-12(9-15(14)20-19-10)18-17(22)16(21)11-4-3-5-13(8-11)23-2/h3-9,16,21H,1-2H3,(H,18,22)(H,19,20). The molecule has 1 heterocycles. The Labute approximate surface area is 133 Å². The van der Waals surface area contributed by atoms with Crippen molar-refractivity contribution in [2.24, 2.45) is 0 Å². The number of aromatic amines is 1. The minimum absolute atomic E-state index is 0.471. The summed E-state index contributed by atoms with van der Waals surface area (Å²) in [7, 11) is 1.53. The molecule has 3 aromatic rings. The van der Waals surface area contributed by atoms with Gasteiger partial charge in [0, 0.05) is 16.8 Å². The van der Waals surface area contributed by atoms with Crippen LogP contribution in [-0.4, -0.2) is 28.3 Å². The van der Waals surface area contributed by atoms with Crippen LogP contribution in [0.3, 0.4) is 0 Å². The highest BCUT2D eigenvalue weighted by Crippen LogP contribution is 2.23. The summed E-state index contributed by atoms with van der Waals surface area (Å²) in [5.41, 5.74) is 2.78. The summed E-state index contributed by atoms with van der Waals surface area (Å²) in [5.74, 6) is 0.0765. The van der Waals surface area contributed by atoms with Gasteiger partial charge >= 0.3 is 0 Å². The first-order valence-electron chi connectivity index (χ1n) is 7.16. The molecule has 3 rings (SSSR count). The second-order valence-electron chi connectivity index (χ2n) is 5.25. The Bertz CT molecular complexity index is 857. The molecule has 0 bridgehead atoms. The minimum atomic E-state index is -1.28. The van der Waals surface area contributed by atoms with Gasteiger partial charge < -0.3 is 15.2 Å². The number of aryl methyl sites for hydroxylation is 1. The van der Waals surface area contributed by atoms with E-state index >= 15 is 0 Å². The molecule has 0 aliphatic heterocycles. The summed E-state index contributed by atoms with van der Waals surface area (Å²) in [4.78, 5) is 12.2. The van der Waals surface area contributed by atoms with Crippen LogP contribution in [0.4, 0.5) is 5.69 Å². The van der Waals surface area contributed by atoms with Crippen molar-refractivity contribution >= 4 is 22.5 Å². The predicted molar refractivity (Wildman–Crippen MR) is 87.4 cm³/mol. The quantitative estimate of drug-likeness (QED) is 0.691. The van der Waals surface area contributed by atoms with Crippen LogP contribution in [0.25, 0.3) is 10.9 Å². The number of aliphatic hydroxyl groups excluding tert-OH is 1. The van der Waals surface area contributed by atoms with Gasteiger partial charge in [0.2, 0.25) is 0 Å². The molecule has 6 nitrogen and oxygen atoms in total. The number of carbonyl (C=O) groups excluding carboxylic acids is 1. The van der Waals surface area contributed by atoms with Crippen molar-refractivity contribution in [3.05, 3.63) is 53.7 Å². The van der Waals surface area contributed by atoms with Crippen molar-refractivity contribution in [1.29, 1.82) is 0 Å². The summed E-state index contributed by atoms with van der Waals surface area (Å²) in [5, 5.41) is 20.9. The number of rotatable bonds is 4. The van der Waals surface area contributed by atoms with E-state index in [-0.39, 0.29) is 0 Å². The fourth-order valence-electron chi connectivity index (χ4n) is 2.40. The molecule has 0 radical (unpaired) electrons. The average Bonchev–Trinajstić information content (AvgIpc) is 2.94. The van der Waals surface area contributed by atoms with Crippen LogP contribution in [0, 0.1) is 6.92 Å². The molecule has 118 valence electrons. The Kier molecular flexibility index (Phi) is 3.99. The molecule has 1 atom stereocenters. The first kappa shape index (κ1) is 15.1. The number of hydrogen-bond acceptors (Lipinski definition) is 4. The maximum Gasteiger partial charge on any atom is 0.257 e. The zero-order valence-electron chi connectivity index (χ0n) is 12.8. The van der Waals surface area contributed by atoms with Crippen LogP contribution in [0.5, 0.6) is 5.75 Å². The number of benzene rings is 2. The lowest BCUT2D eigenvalue weighted by molar-refractivity contribution is -0.124. The zero-order valence-corrected chi connectivity index (χ0v) is 12.8. The Morgan fingerprint density at radius 1 is 1.30 bits per heavy atom. The zero-order chi connectivity index (χ0) is 16.4. The van der Waals surface area contributed by atoms with Crippen LogP contribution in [0.2, 0.25) is 0 Å². The maximum atomic E-state index is 12.2. The predicted octanol–water partition coefficient (Wildman–Crippen LogP) is 2.55. The number of nitrogens with one attached hydrogen (secondary N) is 2. The SMILES string of the molecule is COc1cccc(C(O)C(=O)Nc2ccc3c(C)[nH]nc3c2)c1. The van der Waals surface area contributed by atoms with Crippen molar-refractivity contribution in [2.45, 2.75) is 13.0 Å². The lowest BCUT2D eigenvalue weighted by atomic mass is 10.1. The number of fused-ring (bicyclic) bond motifs is 1. The number of carbonyl (C=O) groups is 1. The van der Waals surface area contributed by atoms with Gasteiger partial charge in [-0.3, -0.25) is 9.89 Å². The van der Waals surface area contributed by atoms with Gasteiger partial charge in [-0.15, -0.1) is 0 Å². The number of anilines is 1. The summed E-state index contributed by atoms with van der Waals surface area (Å²) < 4.78 is 5.10. The average molecular weight is 311 g/mol. The maximum absolute atomic E-state index is 12.2. The molecule has 0 fully saturated rings. The molecule has 0 aliphatic carbocycles. The van der Waals surface area contributed by atoms with E-state index in [0.717, 1.165) is 16.6 Å². The highest BCUT2D eigenvalue weighted by molar-refractivity contribution is 5.96. The third-order valence-electron chi connectivity index (χ3n) is 3.67. The van der Waals surface area contributed by atoms with Crippen molar-refractivity contribution in [2.75, 3.05) is 12.4 Å². The Morgan fingerprint density at radius 2 is 2.13 bits per heavy atom. The first-order valence-corrected chi connectivity index (χ1v) is 7.16. The molecule has 0 spiro atoms. The number of methoxy groups -OCH3 is 1. The normalized spacial score (nSPS) is 12.1. The van der Waals surface area contributed by atoms with Gasteiger partial charge in [0.05, 0.1) is 12.6 Å². The van der Waals surface area contributed by atoms with Gasteiger partial charge in [0.25, 0.3) is 5.91 Å². The van der Waals surface area contributed by atoms with Crippen LogP contribution in [-0.2, 0) is 4.79 Å². The van der Waals surface area contributed by atoms with Gasteiger partial charge in [-0.1, -0.05) is 12.1 Å². The molecule has 0 saturated heterocycles. The van der Waals surface area contributed by atoms with Crippen molar-refractivity contribution in [3.8, 4) is 5.75 Å². The van der Waals surface area contributed by atoms with E-state index < -0.39 is 12.0 Å². The summed E-state index contributed by atoms with van der Waals surface area (Å²) in [6.45, 7) is 1.93. The lowest BCUT2D eigenvalue weighted by Crippen LogP contribution is -2.20. The summed E-state index contributed by atoms with van der Waals surface area (Å²) in [6.07, 6.45) is -1.28. The summed E-state index contributed by atoms with van der Waals surface area (Å²) in [6, 6.07) is 12.2. The van der Waals surface area contributed by atoms with E-state index in [4.69, 9.17) is 4.74 Å². The molecular formula is C17H17N3O3. The molecule has 1 aromatic heterocycles. The van der Waals surface area contributed by atoms with Gasteiger partial charge in [-0.05, 0) is 42.8 Å². The van der Waals surface area contributed by atoms with Crippen LogP contribution in [0.1, 0.15) is 17.4 Å². The number of amides is 1. The number of aliphatic hydroxyl groups is 1. The molecule has 0 aliphatic rings. The third kappa shape index (κ3) is 3.02. The molecule has 0 saturated carbocycles. The second-order valence-corrected chi connectivity index (χ2v) is 5.25. The highest BCUT2D eigenvalue weighted by Gasteiger charge is 2.18. The van der Waals surface area contributed by atoms with Crippen LogP contribution in [0.15, 0.2) is 42.5 Å². The molecule has 3 N–H and O–H groups in total. The monoisotopic (exact) mass is 311 g/mol. The van der Waals surface area contributed by atoms with E-state index in [0.29, 0.717) is 17.0 Å². The number of H-pyrrole nitrogens is 1. The van der Waals surface area contributed by atoms with Gasteiger partial charge in [-0.25, -0.2) is 0 Å². The van der Waals surface area contributed by atoms with Crippen molar-refractivity contribution < 1.29 is 14.6 Å². The fraction of sp³-hybridized carbons (Fsp3) is 0.176. The lowest BCUT2D eigenvalue weighted by Gasteiger charge is -2.12. The fourth-order valence-corrected chi connectivity index (χ4v) is 2.40. The molecule has 2 aromatic carbocycles. The van der Waals surface area contributed by atoms with Crippen LogP contribution < -0.4 is 10.1 Å². The molecule has 23 heavy (non-hydrogen) atoms. The molecule has 1 amide bonds. The molecule has 1 unspecified atom stereocenters.